The maximum Gasteiger partial charge on any atom is 0.227 e. The van der Waals surface area contributed by atoms with Crippen molar-refractivity contribution in [2.24, 2.45) is 0 Å². The molecular formula is C24H25N3O. The van der Waals surface area contributed by atoms with Gasteiger partial charge in [0, 0.05) is 37.0 Å². The summed E-state index contributed by atoms with van der Waals surface area (Å²) >= 11 is 0. The normalized spacial score (nSPS) is 16.8. The van der Waals surface area contributed by atoms with Gasteiger partial charge >= 0.3 is 0 Å². The summed E-state index contributed by atoms with van der Waals surface area (Å²) in [6, 6.07) is 18.3. The van der Waals surface area contributed by atoms with Gasteiger partial charge in [-0.1, -0.05) is 54.1 Å². The number of carbonyl (C=O) groups excluding carboxylic acids is 1. The SMILES string of the molecule is Cc1cccc(-c2nccnc2C2CCCN(C(=O)Cc3ccccc3)C2)c1. The van der Waals surface area contributed by atoms with Gasteiger partial charge in [0.15, 0.2) is 0 Å². The molecule has 0 radical (unpaired) electrons. The number of aryl methyl sites for hydroxylation is 1. The Labute approximate surface area is 166 Å². The van der Waals surface area contributed by atoms with Crippen LogP contribution in [0, 0.1) is 6.92 Å². The molecule has 0 bridgehead atoms. The number of amides is 1. The molecule has 4 rings (SSSR count). The predicted molar refractivity (Wildman–Crippen MR) is 111 cm³/mol. The first-order valence-electron chi connectivity index (χ1n) is 9.90. The van der Waals surface area contributed by atoms with Crippen LogP contribution in [0.1, 0.15) is 35.6 Å². The van der Waals surface area contributed by atoms with Gasteiger partial charge < -0.3 is 4.90 Å². The molecule has 1 aliphatic rings. The first-order chi connectivity index (χ1) is 13.7. The van der Waals surface area contributed by atoms with E-state index < -0.39 is 0 Å². The van der Waals surface area contributed by atoms with Crippen LogP contribution in [0.2, 0.25) is 0 Å². The monoisotopic (exact) mass is 371 g/mol. The van der Waals surface area contributed by atoms with E-state index in [9.17, 15) is 4.79 Å². The summed E-state index contributed by atoms with van der Waals surface area (Å²) in [5, 5.41) is 0. The van der Waals surface area contributed by atoms with E-state index >= 15 is 0 Å². The molecule has 142 valence electrons. The summed E-state index contributed by atoms with van der Waals surface area (Å²) < 4.78 is 0. The predicted octanol–water partition coefficient (Wildman–Crippen LogP) is 4.40. The van der Waals surface area contributed by atoms with Crippen LogP contribution < -0.4 is 0 Å². The van der Waals surface area contributed by atoms with E-state index in [1.807, 2.05) is 35.2 Å². The summed E-state index contributed by atoms with van der Waals surface area (Å²) in [5.74, 6) is 0.412. The highest BCUT2D eigenvalue weighted by molar-refractivity contribution is 5.79. The quantitative estimate of drug-likeness (QED) is 0.683. The third kappa shape index (κ3) is 4.11. The van der Waals surface area contributed by atoms with Gasteiger partial charge in [0.05, 0.1) is 17.8 Å². The zero-order valence-electron chi connectivity index (χ0n) is 16.2. The first-order valence-corrected chi connectivity index (χ1v) is 9.90. The lowest BCUT2D eigenvalue weighted by Crippen LogP contribution is -2.40. The lowest BCUT2D eigenvalue weighted by Gasteiger charge is -2.33. The van der Waals surface area contributed by atoms with Crippen molar-refractivity contribution in [1.29, 1.82) is 0 Å². The second-order valence-corrected chi connectivity index (χ2v) is 7.50. The Morgan fingerprint density at radius 3 is 2.71 bits per heavy atom. The zero-order chi connectivity index (χ0) is 19.3. The van der Waals surface area contributed by atoms with Crippen molar-refractivity contribution in [2.45, 2.75) is 32.1 Å². The molecule has 1 atom stereocenters. The van der Waals surface area contributed by atoms with E-state index in [2.05, 4.69) is 41.2 Å². The maximum atomic E-state index is 12.8. The molecule has 4 heteroatoms. The molecule has 0 saturated carbocycles. The number of hydrogen-bond acceptors (Lipinski definition) is 3. The van der Waals surface area contributed by atoms with Gasteiger partial charge in [0.25, 0.3) is 0 Å². The van der Waals surface area contributed by atoms with E-state index in [-0.39, 0.29) is 11.8 Å². The van der Waals surface area contributed by atoms with Gasteiger partial charge in [-0.2, -0.15) is 0 Å². The van der Waals surface area contributed by atoms with Crippen LogP contribution in [0.3, 0.4) is 0 Å². The number of nitrogens with zero attached hydrogens (tertiary/aromatic N) is 3. The van der Waals surface area contributed by atoms with Crippen molar-refractivity contribution in [1.82, 2.24) is 14.9 Å². The Morgan fingerprint density at radius 1 is 1.07 bits per heavy atom. The maximum absolute atomic E-state index is 12.8. The topological polar surface area (TPSA) is 46.1 Å². The molecule has 2 aromatic carbocycles. The van der Waals surface area contributed by atoms with Crippen molar-refractivity contribution >= 4 is 5.91 Å². The Morgan fingerprint density at radius 2 is 1.89 bits per heavy atom. The number of piperidine rings is 1. The highest BCUT2D eigenvalue weighted by atomic mass is 16.2. The van der Waals surface area contributed by atoms with Crippen LogP contribution in [0.15, 0.2) is 67.0 Å². The molecule has 1 saturated heterocycles. The molecule has 4 nitrogen and oxygen atoms in total. The molecule has 1 aromatic heterocycles. The fourth-order valence-electron chi connectivity index (χ4n) is 3.97. The van der Waals surface area contributed by atoms with Crippen molar-refractivity contribution in [3.05, 3.63) is 83.8 Å². The van der Waals surface area contributed by atoms with Crippen LogP contribution >= 0.6 is 0 Å². The fourth-order valence-corrected chi connectivity index (χ4v) is 3.97. The summed E-state index contributed by atoms with van der Waals surface area (Å²) in [6.07, 6.45) is 6.00. The lowest BCUT2D eigenvalue weighted by atomic mass is 9.91. The van der Waals surface area contributed by atoms with Gasteiger partial charge in [-0.25, -0.2) is 0 Å². The molecule has 1 amide bonds. The molecule has 0 aliphatic carbocycles. The second-order valence-electron chi connectivity index (χ2n) is 7.50. The van der Waals surface area contributed by atoms with Gasteiger partial charge in [0.1, 0.15) is 0 Å². The van der Waals surface area contributed by atoms with E-state index in [1.165, 1.54) is 5.56 Å². The summed E-state index contributed by atoms with van der Waals surface area (Å²) in [4.78, 5) is 24.2. The minimum absolute atomic E-state index is 0.192. The van der Waals surface area contributed by atoms with Gasteiger partial charge in [-0.05, 0) is 31.4 Å². The van der Waals surface area contributed by atoms with E-state index in [1.54, 1.807) is 12.4 Å². The molecule has 2 heterocycles. The largest absolute Gasteiger partial charge is 0.342 e. The number of carbonyl (C=O) groups is 1. The van der Waals surface area contributed by atoms with Crippen molar-refractivity contribution < 1.29 is 4.79 Å². The first kappa shape index (κ1) is 18.4. The molecular weight excluding hydrogens is 346 g/mol. The minimum atomic E-state index is 0.192. The van der Waals surface area contributed by atoms with Crippen LogP contribution in [-0.4, -0.2) is 33.9 Å². The van der Waals surface area contributed by atoms with Crippen molar-refractivity contribution in [3.63, 3.8) is 0 Å². The van der Waals surface area contributed by atoms with E-state index in [0.29, 0.717) is 13.0 Å². The smallest absolute Gasteiger partial charge is 0.227 e. The van der Waals surface area contributed by atoms with Gasteiger partial charge in [-0.3, -0.25) is 14.8 Å². The van der Waals surface area contributed by atoms with Crippen LogP contribution in [0.5, 0.6) is 0 Å². The highest BCUT2D eigenvalue weighted by Gasteiger charge is 2.27. The van der Waals surface area contributed by atoms with E-state index in [4.69, 9.17) is 0 Å². The third-order valence-electron chi connectivity index (χ3n) is 5.38. The Hall–Kier alpha value is -3.01. The van der Waals surface area contributed by atoms with Gasteiger partial charge in [0.2, 0.25) is 5.91 Å². The number of hydrogen-bond donors (Lipinski definition) is 0. The number of aromatic nitrogens is 2. The highest BCUT2D eigenvalue weighted by Crippen LogP contribution is 2.32. The Bertz CT molecular complexity index is 955. The van der Waals surface area contributed by atoms with Crippen molar-refractivity contribution in [2.75, 3.05) is 13.1 Å². The molecule has 1 aliphatic heterocycles. The fraction of sp³-hybridized carbons (Fsp3) is 0.292. The molecule has 0 spiro atoms. The van der Waals surface area contributed by atoms with Crippen LogP contribution in [0.25, 0.3) is 11.3 Å². The zero-order valence-corrected chi connectivity index (χ0v) is 16.2. The summed E-state index contributed by atoms with van der Waals surface area (Å²) in [6.45, 7) is 3.62. The average Bonchev–Trinajstić information content (AvgIpc) is 2.74. The average molecular weight is 371 g/mol. The summed E-state index contributed by atoms with van der Waals surface area (Å²) in [7, 11) is 0. The molecule has 3 aromatic rings. The van der Waals surface area contributed by atoms with E-state index in [0.717, 1.165) is 41.9 Å². The minimum Gasteiger partial charge on any atom is -0.342 e. The Balaban J connectivity index is 1.55. The standard InChI is InChI=1S/C24H25N3O/c1-18-7-5-10-20(15-18)23-24(26-13-12-25-23)21-11-6-14-27(17-21)22(28)16-19-8-3-2-4-9-19/h2-5,7-10,12-13,15,21H,6,11,14,16-17H2,1H3. The van der Waals surface area contributed by atoms with Gasteiger partial charge in [-0.15, -0.1) is 0 Å². The second kappa shape index (κ2) is 8.34. The number of likely N-dealkylation sites (tertiary alicyclic amines) is 1. The Kier molecular flexibility index (Phi) is 5.47. The molecule has 0 N–H and O–H groups in total. The summed E-state index contributed by atoms with van der Waals surface area (Å²) in [5.41, 5.74) is 5.31. The van der Waals surface area contributed by atoms with Crippen LogP contribution in [-0.2, 0) is 11.2 Å². The van der Waals surface area contributed by atoms with Crippen molar-refractivity contribution in [3.8, 4) is 11.3 Å². The number of benzene rings is 2. The van der Waals surface area contributed by atoms with Crippen LogP contribution in [0.4, 0.5) is 0 Å². The lowest BCUT2D eigenvalue weighted by molar-refractivity contribution is -0.131. The third-order valence-corrected chi connectivity index (χ3v) is 5.38. The molecule has 1 unspecified atom stereocenters. The number of rotatable bonds is 4. The molecule has 28 heavy (non-hydrogen) atoms. The molecule has 1 fully saturated rings.